The lowest BCUT2D eigenvalue weighted by Crippen LogP contribution is -2.36. The summed E-state index contributed by atoms with van der Waals surface area (Å²) < 4.78 is 32.2. The molecule has 0 aliphatic rings. The Kier molecular flexibility index (Phi) is 9.50. The summed E-state index contributed by atoms with van der Waals surface area (Å²) in [5.41, 5.74) is 3.24. The van der Waals surface area contributed by atoms with Crippen LogP contribution in [0.3, 0.4) is 0 Å². The lowest BCUT2D eigenvalue weighted by Gasteiger charge is -2.25. The first kappa shape index (κ1) is 28.7. The van der Waals surface area contributed by atoms with Crippen molar-refractivity contribution in [3.05, 3.63) is 88.7 Å². The van der Waals surface area contributed by atoms with Crippen LogP contribution in [0.4, 0.5) is 9.18 Å². The van der Waals surface area contributed by atoms with E-state index in [1.165, 1.54) is 0 Å². The summed E-state index contributed by atoms with van der Waals surface area (Å²) in [5.74, 6) is -0.425. The highest BCUT2D eigenvalue weighted by atomic mass is 19.1. The highest BCUT2D eigenvalue weighted by Gasteiger charge is 2.27. The van der Waals surface area contributed by atoms with Crippen molar-refractivity contribution in [2.45, 2.75) is 66.2 Å². The summed E-state index contributed by atoms with van der Waals surface area (Å²) in [4.78, 5) is 25.0. The second-order valence-electron chi connectivity index (χ2n) is 10.1. The van der Waals surface area contributed by atoms with Crippen LogP contribution < -0.4 is 10.1 Å². The van der Waals surface area contributed by atoms with Crippen molar-refractivity contribution in [1.82, 2.24) is 5.32 Å². The molecule has 202 valence electrons. The number of aryl methyl sites for hydroxylation is 2. The average molecular weight is 522 g/mol. The number of nitrogens with one attached hydrogen (secondary N) is 1. The molecule has 0 radical (unpaired) electrons. The van der Waals surface area contributed by atoms with Crippen LogP contribution in [0.5, 0.6) is 5.75 Å². The average Bonchev–Trinajstić information content (AvgIpc) is 2.83. The summed E-state index contributed by atoms with van der Waals surface area (Å²) in [6.07, 6.45) is -1.00. The third kappa shape index (κ3) is 7.81. The standard InChI is InChI=1S/C31H36FNO5/c1-7-36-27(34)18-25(33-30(35)38-31(4,5)6)24-17-23(16-21(3)29(24)32)28-20(2)12-11-15-26(28)37-19-22-13-9-8-10-14-22/h8-17,25H,7,18-19H2,1-6H3,(H,33,35)/t25-/m0/s1. The molecule has 3 rings (SSSR count). The van der Waals surface area contributed by atoms with E-state index in [0.29, 0.717) is 23.5 Å². The Labute approximate surface area is 224 Å². The normalized spacial score (nSPS) is 12.0. The number of rotatable bonds is 9. The Morgan fingerprint density at radius 2 is 1.68 bits per heavy atom. The molecule has 0 spiro atoms. The number of carbonyl (C=O) groups excluding carboxylic acids is 2. The molecule has 0 heterocycles. The first-order valence-corrected chi connectivity index (χ1v) is 12.7. The van der Waals surface area contributed by atoms with Gasteiger partial charge in [0.2, 0.25) is 0 Å². The number of halogens is 1. The van der Waals surface area contributed by atoms with Crippen LogP contribution in [0.2, 0.25) is 0 Å². The predicted octanol–water partition coefficient (Wildman–Crippen LogP) is 7.21. The summed E-state index contributed by atoms with van der Waals surface area (Å²) in [6, 6.07) is 18.0. The second-order valence-corrected chi connectivity index (χ2v) is 10.1. The number of esters is 1. The van der Waals surface area contributed by atoms with E-state index in [2.05, 4.69) is 5.32 Å². The molecule has 0 aromatic heterocycles. The van der Waals surface area contributed by atoms with Crippen LogP contribution in [0, 0.1) is 19.7 Å². The SMILES string of the molecule is CCOC(=O)C[C@H](NC(=O)OC(C)(C)C)c1cc(-c2c(C)cccc2OCc2ccccc2)cc(C)c1F. The van der Waals surface area contributed by atoms with E-state index in [1.54, 1.807) is 46.8 Å². The number of hydrogen-bond acceptors (Lipinski definition) is 5. The fraction of sp³-hybridized carbons (Fsp3) is 0.355. The monoisotopic (exact) mass is 521 g/mol. The lowest BCUT2D eigenvalue weighted by atomic mass is 9.92. The highest BCUT2D eigenvalue weighted by molar-refractivity contribution is 5.77. The van der Waals surface area contributed by atoms with Gasteiger partial charge < -0.3 is 19.5 Å². The van der Waals surface area contributed by atoms with Crippen molar-refractivity contribution in [3.8, 4) is 16.9 Å². The molecule has 0 saturated heterocycles. The van der Waals surface area contributed by atoms with Gasteiger partial charge in [-0.2, -0.15) is 0 Å². The van der Waals surface area contributed by atoms with Crippen molar-refractivity contribution in [1.29, 1.82) is 0 Å². The van der Waals surface area contributed by atoms with Crippen LogP contribution in [0.25, 0.3) is 11.1 Å². The van der Waals surface area contributed by atoms with Crippen molar-refractivity contribution >= 4 is 12.1 Å². The molecule has 0 aliphatic carbocycles. The number of ether oxygens (including phenoxy) is 3. The highest BCUT2D eigenvalue weighted by Crippen LogP contribution is 2.37. The molecule has 0 bridgehead atoms. The number of hydrogen-bond donors (Lipinski definition) is 1. The molecule has 3 aromatic rings. The van der Waals surface area contributed by atoms with E-state index in [9.17, 15) is 9.59 Å². The number of amides is 1. The zero-order chi connectivity index (χ0) is 27.9. The van der Waals surface area contributed by atoms with Gasteiger partial charge in [0.25, 0.3) is 0 Å². The van der Waals surface area contributed by atoms with E-state index in [1.807, 2.05) is 55.5 Å². The zero-order valence-corrected chi connectivity index (χ0v) is 22.9. The molecule has 38 heavy (non-hydrogen) atoms. The first-order valence-electron chi connectivity index (χ1n) is 12.7. The Hall–Kier alpha value is -3.87. The molecule has 0 unspecified atom stereocenters. The number of alkyl carbamates (subject to hydrolysis) is 1. The molecule has 0 saturated carbocycles. The molecule has 7 heteroatoms. The minimum absolute atomic E-state index is 0.163. The molecule has 1 atom stereocenters. The molecular formula is C31H36FNO5. The largest absolute Gasteiger partial charge is 0.488 e. The summed E-state index contributed by atoms with van der Waals surface area (Å²) in [6.45, 7) is 11.0. The van der Waals surface area contributed by atoms with Gasteiger partial charge in [-0.15, -0.1) is 0 Å². The Morgan fingerprint density at radius 1 is 0.974 bits per heavy atom. The van der Waals surface area contributed by atoms with E-state index < -0.39 is 29.5 Å². The first-order chi connectivity index (χ1) is 18.0. The third-order valence-electron chi connectivity index (χ3n) is 5.79. The van der Waals surface area contributed by atoms with Crippen molar-refractivity contribution < 1.29 is 28.2 Å². The van der Waals surface area contributed by atoms with Crippen molar-refractivity contribution in [2.24, 2.45) is 0 Å². The van der Waals surface area contributed by atoms with Gasteiger partial charge in [0.15, 0.2) is 0 Å². The van der Waals surface area contributed by atoms with Gasteiger partial charge in [0.1, 0.15) is 23.8 Å². The van der Waals surface area contributed by atoms with Crippen LogP contribution in [-0.2, 0) is 20.9 Å². The predicted molar refractivity (Wildman–Crippen MR) is 145 cm³/mol. The van der Waals surface area contributed by atoms with E-state index in [0.717, 1.165) is 16.7 Å². The van der Waals surface area contributed by atoms with Gasteiger partial charge in [-0.05, 0) is 82.0 Å². The summed E-state index contributed by atoms with van der Waals surface area (Å²) >= 11 is 0. The molecule has 6 nitrogen and oxygen atoms in total. The molecular weight excluding hydrogens is 485 g/mol. The van der Waals surface area contributed by atoms with E-state index in [4.69, 9.17) is 14.2 Å². The smallest absolute Gasteiger partial charge is 0.408 e. The van der Waals surface area contributed by atoms with Gasteiger partial charge in [0.05, 0.1) is 19.1 Å². The van der Waals surface area contributed by atoms with Crippen LogP contribution >= 0.6 is 0 Å². The minimum Gasteiger partial charge on any atom is -0.488 e. The fourth-order valence-electron chi connectivity index (χ4n) is 4.14. The lowest BCUT2D eigenvalue weighted by molar-refractivity contribution is -0.143. The Morgan fingerprint density at radius 3 is 2.34 bits per heavy atom. The maximum Gasteiger partial charge on any atom is 0.408 e. The van der Waals surface area contributed by atoms with Crippen LogP contribution in [-0.4, -0.2) is 24.3 Å². The molecule has 1 amide bonds. The second kappa shape index (κ2) is 12.6. The van der Waals surface area contributed by atoms with Gasteiger partial charge >= 0.3 is 12.1 Å². The molecule has 0 aliphatic heterocycles. The molecule has 0 fully saturated rings. The van der Waals surface area contributed by atoms with Gasteiger partial charge in [0, 0.05) is 11.1 Å². The summed E-state index contributed by atoms with van der Waals surface area (Å²) in [5, 5.41) is 2.67. The van der Waals surface area contributed by atoms with Gasteiger partial charge in [-0.1, -0.05) is 42.5 Å². The van der Waals surface area contributed by atoms with Crippen molar-refractivity contribution in [2.75, 3.05) is 6.61 Å². The number of carbonyl (C=O) groups is 2. The minimum atomic E-state index is -1.000. The Balaban J connectivity index is 2.03. The van der Waals surface area contributed by atoms with E-state index >= 15 is 4.39 Å². The van der Waals surface area contributed by atoms with Crippen LogP contribution in [0.1, 0.15) is 62.4 Å². The van der Waals surface area contributed by atoms with Gasteiger partial charge in [-0.25, -0.2) is 9.18 Å². The van der Waals surface area contributed by atoms with Gasteiger partial charge in [-0.3, -0.25) is 4.79 Å². The Bertz CT molecular complexity index is 1270. The zero-order valence-electron chi connectivity index (χ0n) is 22.9. The maximum absolute atomic E-state index is 15.6. The van der Waals surface area contributed by atoms with Crippen LogP contribution in [0.15, 0.2) is 60.7 Å². The van der Waals surface area contributed by atoms with Crippen molar-refractivity contribution in [3.63, 3.8) is 0 Å². The molecule has 1 N–H and O–H groups in total. The summed E-state index contributed by atoms with van der Waals surface area (Å²) in [7, 11) is 0. The topological polar surface area (TPSA) is 73.9 Å². The molecule has 3 aromatic carbocycles. The quantitative estimate of drug-likeness (QED) is 0.301. The third-order valence-corrected chi connectivity index (χ3v) is 5.79. The number of benzene rings is 3. The fourth-order valence-corrected chi connectivity index (χ4v) is 4.14. The maximum atomic E-state index is 15.6. The van der Waals surface area contributed by atoms with E-state index in [-0.39, 0.29) is 18.6 Å².